The Labute approximate surface area is 271 Å². The molecule has 0 heterocycles. The smallest absolute Gasteiger partial charge is 0.166 e. The minimum absolute atomic E-state index is 0.422. The first kappa shape index (κ1) is 34.9. The van der Waals surface area contributed by atoms with Crippen LogP contribution in [-0.2, 0) is 30.9 Å². The van der Waals surface area contributed by atoms with Crippen molar-refractivity contribution in [2.45, 2.75) is 30.9 Å². The molecule has 50 heavy (non-hydrogen) atoms. The molecule has 260 valence electrons. The molecule has 0 spiro atoms. The lowest BCUT2D eigenvalue weighted by atomic mass is 9.90. The molecule has 1 aliphatic carbocycles. The third-order valence-electron chi connectivity index (χ3n) is 7.97. The van der Waals surface area contributed by atoms with E-state index in [1.807, 2.05) is 0 Å². The van der Waals surface area contributed by atoms with E-state index in [-0.39, 0.29) is 0 Å². The predicted octanol–water partition coefficient (Wildman–Crippen LogP) is 13.4. The summed E-state index contributed by atoms with van der Waals surface area (Å²) in [5.41, 5.74) is -13.5. The van der Waals surface area contributed by atoms with E-state index in [9.17, 15) is 65.9 Å². The minimum atomic E-state index is -5.20. The summed E-state index contributed by atoms with van der Waals surface area (Å²) >= 11 is 0. The summed E-state index contributed by atoms with van der Waals surface area (Å²) in [6.07, 6.45) is -26.0. The molecule has 0 aromatic heterocycles. The summed E-state index contributed by atoms with van der Waals surface area (Å²) in [5.74, 6) is 0. The summed E-state index contributed by atoms with van der Waals surface area (Å²) in [7, 11) is 0. The fourth-order valence-electron chi connectivity index (χ4n) is 5.62. The van der Waals surface area contributed by atoms with E-state index in [0.29, 0.717) is 60.7 Å². The van der Waals surface area contributed by atoms with Crippen molar-refractivity contribution >= 4 is 0 Å². The van der Waals surface area contributed by atoms with Crippen molar-refractivity contribution in [3.63, 3.8) is 0 Å². The number of fused-ring (bicyclic) bond motifs is 15. The SMILES string of the molecule is FC(F)(F)c1cc2cc(c1)-c1cc(cc(C(F)(F)F)c1)-c1cc(cc(C(F)(F)F)c1)-c1cc(cc(C(F)(F)F)c1)-c1cc-2cc(C(F)(F)F)c1. The molecule has 5 aromatic carbocycles. The Hall–Kier alpha value is -4.95. The quantitative estimate of drug-likeness (QED) is 0.137. The number of halogens is 15. The summed E-state index contributed by atoms with van der Waals surface area (Å²) in [4.78, 5) is 0. The standard InChI is InChI=1S/C35H15F15/c36-31(37,38)26-6-16-1-17(7-26)19-3-21(11-28(9-19)33(42,43)44)23-5-25(15-30(13-23)35(48,49)50)24-4-22(12-29(14-24)34(45,46)47)20-2-18(16)8-27(10-20)32(39,40)41/h1-15H. The van der Waals surface area contributed by atoms with Crippen LogP contribution < -0.4 is 0 Å². The van der Waals surface area contributed by atoms with Crippen LogP contribution in [0.25, 0.3) is 55.6 Å². The molecule has 0 amide bonds. The lowest BCUT2D eigenvalue weighted by Crippen LogP contribution is -2.08. The molecule has 0 atom stereocenters. The molecule has 0 nitrogen and oxygen atoms in total. The van der Waals surface area contributed by atoms with Gasteiger partial charge in [-0.15, -0.1) is 0 Å². The van der Waals surface area contributed by atoms with Crippen LogP contribution in [0, 0.1) is 0 Å². The highest BCUT2D eigenvalue weighted by molar-refractivity contribution is 5.85. The van der Waals surface area contributed by atoms with Crippen LogP contribution in [0.2, 0.25) is 0 Å². The molecule has 1 aliphatic rings. The maximum absolute atomic E-state index is 14.1. The molecule has 0 fully saturated rings. The first-order valence-electron chi connectivity index (χ1n) is 14.0. The highest BCUT2D eigenvalue weighted by Gasteiger charge is 2.37. The van der Waals surface area contributed by atoms with Crippen LogP contribution >= 0.6 is 0 Å². The van der Waals surface area contributed by atoms with Gasteiger partial charge in [0.1, 0.15) is 0 Å². The van der Waals surface area contributed by atoms with Gasteiger partial charge in [-0.05, 0) is 147 Å². The fourth-order valence-corrected chi connectivity index (χ4v) is 5.62. The van der Waals surface area contributed by atoms with E-state index < -0.39 is 114 Å². The molecule has 0 aliphatic heterocycles. The lowest BCUT2D eigenvalue weighted by molar-refractivity contribution is -0.138. The Balaban J connectivity index is 1.85. The van der Waals surface area contributed by atoms with E-state index in [1.165, 1.54) is 0 Å². The van der Waals surface area contributed by atoms with Crippen molar-refractivity contribution in [2.75, 3.05) is 0 Å². The fraction of sp³-hybridized carbons (Fsp3) is 0.143. The Morgan fingerprint density at radius 1 is 0.180 bits per heavy atom. The normalized spacial score (nSPS) is 13.5. The van der Waals surface area contributed by atoms with Crippen molar-refractivity contribution in [2.24, 2.45) is 0 Å². The first-order valence-corrected chi connectivity index (χ1v) is 14.0. The summed E-state index contributed by atoms with van der Waals surface area (Å²) in [5, 5.41) is 0. The molecule has 15 heteroatoms. The molecular weight excluding hydrogens is 705 g/mol. The Bertz CT molecular complexity index is 1680. The molecule has 0 saturated heterocycles. The third-order valence-corrected chi connectivity index (χ3v) is 7.97. The van der Waals surface area contributed by atoms with Gasteiger partial charge in [0, 0.05) is 0 Å². The molecule has 0 radical (unpaired) electrons. The highest BCUT2D eigenvalue weighted by Crippen LogP contribution is 2.46. The topological polar surface area (TPSA) is 0 Å². The molecular formula is C35H15F15. The van der Waals surface area contributed by atoms with Crippen LogP contribution in [0.15, 0.2) is 91.0 Å². The van der Waals surface area contributed by atoms with Gasteiger partial charge in [0.25, 0.3) is 0 Å². The molecule has 10 bridgehead atoms. The number of hydrogen-bond acceptors (Lipinski definition) is 0. The third kappa shape index (κ3) is 6.90. The second-order valence-electron chi connectivity index (χ2n) is 11.5. The first-order chi connectivity index (χ1) is 22.9. The van der Waals surface area contributed by atoms with Crippen molar-refractivity contribution in [1.29, 1.82) is 0 Å². The average Bonchev–Trinajstić information content (AvgIpc) is 3.01. The maximum atomic E-state index is 14.1. The van der Waals surface area contributed by atoms with Crippen LogP contribution in [-0.4, -0.2) is 0 Å². The second kappa shape index (κ2) is 11.3. The summed E-state index contributed by atoms with van der Waals surface area (Å²) in [6.45, 7) is 0. The van der Waals surface area contributed by atoms with Gasteiger partial charge in [-0.3, -0.25) is 0 Å². The Kier molecular flexibility index (Phi) is 7.88. The maximum Gasteiger partial charge on any atom is 0.416 e. The molecule has 0 saturated carbocycles. The number of alkyl halides is 15. The molecule has 5 aromatic rings. The second-order valence-corrected chi connectivity index (χ2v) is 11.5. The monoisotopic (exact) mass is 720 g/mol. The van der Waals surface area contributed by atoms with E-state index in [0.717, 1.165) is 30.3 Å². The van der Waals surface area contributed by atoms with Gasteiger partial charge in [0.2, 0.25) is 0 Å². The zero-order chi connectivity index (χ0) is 36.8. The largest absolute Gasteiger partial charge is 0.416 e. The molecule has 6 rings (SSSR count). The summed E-state index contributed by atoms with van der Waals surface area (Å²) < 4.78 is 212. The van der Waals surface area contributed by atoms with E-state index in [4.69, 9.17) is 0 Å². The van der Waals surface area contributed by atoms with Crippen LogP contribution in [0.4, 0.5) is 65.9 Å². The molecule has 0 N–H and O–H groups in total. The number of benzene rings is 5. The predicted molar refractivity (Wildman–Crippen MR) is 152 cm³/mol. The van der Waals surface area contributed by atoms with Gasteiger partial charge in [-0.25, -0.2) is 0 Å². The van der Waals surface area contributed by atoms with Crippen LogP contribution in [0.3, 0.4) is 0 Å². The lowest BCUT2D eigenvalue weighted by Gasteiger charge is -2.17. The van der Waals surface area contributed by atoms with Crippen LogP contribution in [0.1, 0.15) is 27.8 Å². The Morgan fingerprint density at radius 3 is 0.360 bits per heavy atom. The van der Waals surface area contributed by atoms with Crippen LogP contribution in [0.5, 0.6) is 0 Å². The van der Waals surface area contributed by atoms with E-state index in [1.54, 1.807) is 0 Å². The number of rotatable bonds is 0. The van der Waals surface area contributed by atoms with Crippen molar-refractivity contribution in [1.82, 2.24) is 0 Å². The van der Waals surface area contributed by atoms with Gasteiger partial charge < -0.3 is 0 Å². The zero-order valence-corrected chi connectivity index (χ0v) is 24.3. The van der Waals surface area contributed by atoms with Gasteiger partial charge in [-0.2, -0.15) is 65.9 Å². The summed E-state index contributed by atoms with van der Waals surface area (Å²) in [6, 6.07) is 8.47. The number of hydrogen-bond donors (Lipinski definition) is 0. The van der Waals surface area contributed by atoms with E-state index in [2.05, 4.69) is 0 Å². The van der Waals surface area contributed by atoms with Gasteiger partial charge >= 0.3 is 30.9 Å². The average molecular weight is 720 g/mol. The van der Waals surface area contributed by atoms with Gasteiger partial charge in [0.15, 0.2) is 0 Å². The Morgan fingerprint density at radius 2 is 0.280 bits per heavy atom. The highest BCUT2D eigenvalue weighted by atomic mass is 19.4. The van der Waals surface area contributed by atoms with Crippen molar-refractivity contribution in [3.8, 4) is 55.6 Å². The van der Waals surface area contributed by atoms with Gasteiger partial charge in [-0.1, -0.05) is 0 Å². The van der Waals surface area contributed by atoms with E-state index >= 15 is 0 Å². The van der Waals surface area contributed by atoms with Gasteiger partial charge in [0.05, 0.1) is 27.8 Å². The zero-order valence-electron chi connectivity index (χ0n) is 24.3. The minimum Gasteiger partial charge on any atom is -0.166 e. The van der Waals surface area contributed by atoms with Crippen molar-refractivity contribution < 1.29 is 65.9 Å². The molecule has 0 unspecified atom stereocenters. The van der Waals surface area contributed by atoms with Crippen molar-refractivity contribution in [3.05, 3.63) is 119 Å².